The first kappa shape index (κ1) is 13.1. The smallest absolute Gasteiger partial charge is 0.0729 e. The average molecular weight is 267 g/mol. The van der Waals surface area contributed by atoms with Gasteiger partial charge in [-0.15, -0.1) is 0 Å². The van der Waals surface area contributed by atoms with Gasteiger partial charge in [-0.3, -0.25) is 4.98 Å². The molecule has 0 amide bonds. The van der Waals surface area contributed by atoms with Crippen molar-refractivity contribution in [1.82, 2.24) is 4.98 Å². The molecule has 3 rings (SSSR count). The van der Waals surface area contributed by atoms with Crippen LogP contribution in [0.15, 0.2) is 30.5 Å². The Morgan fingerprint density at radius 2 is 2.15 bits per heavy atom. The van der Waals surface area contributed by atoms with Crippen LogP contribution in [0.4, 0.5) is 5.69 Å². The van der Waals surface area contributed by atoms with Crippen LogP contribution < -0.4 is 4.90 Å². The highest BCUT2D eigenvalue weighted by molar-refractivity contribution is 6.08. The molecule has 1 aromatic carbocycles. The predicted octanol–water partition coefficient (Wildman–Crippen LogP) is 4.00. The van der Waals surface area contributed by atoms with Gasteiger partial charge >= 0.3 is 0 Å². The van der Waals surface area contributed by atoms with Gasteiger partial charge in [0.15, 0.2) is 0 Å². The summed E-state index contributed by atoms with van der Waals surface area (Å²) < 4.78 is 0. The van der Waals surface area contributed by atoms with Gasteiger partial charge < -0.3 is 10.3 Å². The van der Waals surface area contributed by atoms with E-state index in [1.54, 1.807) is 0 Å². The van der Waals surface area contributed by atoms with Gasteiger partial charge in [0.25, 0.3) is 0 Å². The Labute approximate surface area is 120 Å². The quantitative estimate of drug-likeness (QED) is 0.832. The highest BCUT2D eigenvalue weighted by Crippen LogP contribution is 2.32. The van der Waals surface area contributed by atoms with Crippen LogP contribution in [0.2, 0.25) is 0 Å². The summed E-state index contributed by atoms with van der Waals surface area (Å²) in [5.74, 6) is 0. The summed E-state index contributed by atoms with van der Waals surface area (Å²) in [6, 6.07) is 9.09. The predicted molar refractivity (Wildman–Crippen MR) is 84.9 cm³/mol. The number of hydrogen-bond donors (Lipinski definition) is 1. The van der Waals surface area contributed by atoms with Crippen molar-refractivity contribution in [3.63, 3.8) is 0 Å². The van der Waals surface area contributed by atoms with Gasteiger partial charge in [0, 0.05) is 41.6 Å². The third-order valence-corrected chi connectivity index (χ3v) is 4.05. The monoisotopic (exact) mass is 267 g/mol. The molecule has 1 saturated carbocycles. The molecule has 1 aliphatic carbocycles. The Balaban J connectivity index is 2.01. The van der Waals surface area contributed by atoms with E-state index in [1.165, 1.54) is 18.5 Å². The highest BCUT2D eigenvalue weighted by atomic mass is 15.2. The van der Waals surface area contributed by atoms with Crippen molar-refractivity contribution in [3.8, 4) is 0 Å². The minimum absolute atomic E-state index is 0.703. The lowest BCUT2D eigenvalue weighted by molar-refractivity contribution is 0.918. The number of rotatable bonds is 5. The largest absolute Gasteiger partial charge is 0.372 e. The maximum Gasteiger partial charge on any atom is 0.0729 e. The molecular formula is C17H21N3. The van der Waals surface area contributed by atoms with Gasteiger partial charge in [-0.05, 0) is 37.5 Å². The Kier molecular flexibility index (Phi) is 3.43. The van der Waals surface area contributed by atoms with Crippen LogP contribution >= 0.6 is 0 Å². The second-order valence-corrected chi connectivity index (χ2v) is 5.63. The van der Waals surface area contributed by atoms with E-state index in [0.29, 0.717) is 11.8 Å². The third-order valence-electron chi connectivity index (χ3n) is 4.05. The van der Waals surface area contributed by atoms with E-state index < -0.39 is 0 Å². The van der Waals surface area contributed by atoms with Crippen molar-refractivity contribution in [2.24, 2.45) is 0 Å². The first-order valence-electron chi connectivity index (χ1n) is 7.40. The minimum Gasteiger partial charge on any atom is -0.372 e. The lowest BCUT2D eigenvalue weighted by Crippen LogP contribution is -2.19. The van der Waals surface area contributed by atoms with Crippen LogP contribution in [0.25, 0.3) is 10.9 Å². The first-order valence-corrected chi connectivity index (χ1v) is 7.40. The van der Waals surface area contributed by atoms with Crippen LogP contribution in [0.3, 0.4) is 0 Å². The topological polar surface area (TPSA) is 40.0 Å². The number of aromatic nitrogens is 1. The molecule has 20 heavy (non-hydrogen) atoms. The van der Waals surface area contributed by atoms with Gasteiger partial charge in [-0.25, -0.2) is 0 Å². The molecule has 0 atom stereocenters. The third kappa shape index (κ3) is 2.40. The SMILES string of the molecule is CCCC(=N)c1ccnc2cc(N(C)C3CC3)ccc12. The number of nitrogens with one attached hydrogen (secondary N) is 1. The lowest BCUT2D eigenvalue weighted by atomic mass is 10.0. The van der Waals surface area contributed by atoms with Gasteiger partial charge in [-0.2, -0.15) is 0 Å². The molecule has 0 radical (unpaired) electrons. The van der Waals surface area contributed by atoms with E-state index in [0.717, 1.165) is 29.3 Å². The van der Waals surface area contributed by atoms with Gasteiger partial charge in [0.2, 0.25) is 0 Å². The van der Waals surface area contributed by atoms with Gasteiger partial charge in [-0.1, -0.05) is 19.4 Å². The van der Waals surface area contributed by atoms with E-state index >= 15 is 0 Å². The van der Waals surface area contributed by atoms with Crippen molar-refractivity contribution < 1.29 is 0 Å². The lowest BCUT2D eigenvalue weighted by Gasteiger charge is -2.19. The van der Waals surface area contributed by atoms with E-state index in [4.69, 9.17) is 5.41 Å². The van der Waals surface area contributed by atoms with Crippen LogP contribution in [0.1, 0.15) is 38.2 Å². The highest BCUT2D eigenvalue weighted by Gasteiger charge is 2.26. The molecule has 0 bridgehead atoms. The van der Waals surface area contributed by atoms with Crippen molar-refractivity contribution >= 4 is 22.3 Å². The van der Waals surface area contributed by atoms with E-state index in [1.807, 2.05) is 12.3 Å². The number of pyridine rings is 1. The Morgan fingerprint density at radius 3 is 2.85 bits per heavy atom. The molecule has 1 heterocycles. The van der Waals surface area contributed by atoms with Crippen LogP contribution in [0, 0.1) is 5.41 Å². The van der Waals surface area contributed by atoms with E-state index in [2.05, 4.69) is 42.1 Å². The molecule has 1 aliphatic rings. The second-order valence-electron chi connectivity index (χ2n) is 5.63. The molecule has 2 aromatic rings. The number of nitrogens with zero attached hydrogens (tertiary/aromatic N) is 2. The first-order chi connectivity index (χ1) is 9.70. The summed E-state index contributed by atoms with van der Waals surface area (Å²) in [5, 5.41) is 9.29. The number of anilines is 1. The summed E-state index contributed by atoms with van der Waals surface area (Å²) in [6.07, 6.45) is 6.24. The fourth-order valence-electron chi connectivity index (χ4n) is 2.68. The standard InChI is InChI=1S/C17H21N3/c1-3-4-16(18)14-9-10-19-17-11-13(7-8-15(14)17)20(2)12-5-6-12/h7-12,18H,3-6H2,1-2H3. The zero-order valence-corrected chi connectivity index (χ0v) is 12.2. The minimum atomic E-state index is 0.703. The van der Waals surface area contributed by atoms with Crippen molar-refractivity contribution in [2.45, 2.75) is 38.6 Å². The molecule has 0 saturated heterocycles. The maximum atomic E-state index is 8.19. The number of hydrogen-bond acceptors (Lipinski definition) is 3. The van der Waals surface area contributed by atoms with E-state index in [9.17, 15) is 0 Å². The van der Waals surface area contributed by atoms with Gasteiger partial charge in [0.05, 0.1) is 5.52 Å². The molecule has 1 aromatic heterocycles. The summed E-state index contributed by atoms with van der Waals surface area (Å²) in [5.41, 5.74) is 3.96. The molecule has 0 spiro atoms. The molecule has 3 nitrogen and oxygen atoms in total. The van der Waals surface area contributed by atoms with Crippen LogP contribution in [-0.4, -0.2) is 23.8 Å². The number of benzene rings is 1. The normalized spacial score (nSPS) is 14.5. The second kappa shape index (κ2) is 5.23. The Bertz CT molecular complexity index is 644. The summed E-state index contributed by atoms with van der Waals surface area (Å²) in [7, 11) is 2.15. The Morgan fingerprint density at radius 1 is 1.35 bits per heavy atom. The zero-order valence-electron chi connectivity index (χ0n) is 12.2. The van der Waals surface area contributed by atoms with Crippen LogP contribution in [0.5, 0.6) is 0 Å². The van der Waals surface area contributed by atoms with Crippen molar-refractivity contribution in [2.75, 3.05) is 11.9 Å². The average Bonchev–Trinajstić information content (AvgIpc) is 3.30. The van der Waals surface area contributed by atoms with Crippen molar-refractivity contribution in [3.05, 3.63) is 36.0 Å². The molecule has 1 N–H and O–H groups in total. The van der Waals surface area contributed by atoms with E-state index in [-0.39, 0.29) is 0 Å². The molecule has 0 aliphatic heterocycles. The van der Waals surface area contributed by atoms with Gasteiger partial charge in [0.1, 0.15) is 0 Å². The van der Waals surface area contributed by atoms with Crippen LogP contribution in [-0.2, 0) is 0 Å². The zero-order chi connectivity index (χ0) is 14.1. The molecule has 0 unspecified atom stereocenters. The number of fused-ring (bicyclic) bond motifs is 1. The summed E-state index contributed by atoms with van der Waals surface area (Å²) in [4.78, 5) is 6.82. The molecule has 3 heteroatoms. The molecular weight excluding hydrogens is 246 g/mol. The fourth-order valence-corrected chi connectivity index (χ4v) is 2.68. The summed E-state index contributed by atoms with van der Waals surface area (Å²) in [6.45, 7) is 2.11. The fraction of sp³-hybridized carbons (Fsp3) is 0.412. The molecule has 1 fully saturated rings. The maximum absolute atomic E-state index is 8.19. The Hall–Kier alpha value is -1.90. The van der Waals surface area contributed by atoms with Crippen molar-refractivity contribution in [1.29, 1.82) is 5.41 Å². The molecule has 104 valence electrons. The summed E-state index contributed by atoms with van der Waals surface area (Å²) >= 11 is 0.